The van der Waals surface area contributed by atoms with E-state index in [2.05, 4.69) is 31.3 Å². The van der Waals surface area contributed by atoms with Crippen molar-refractivity contribution < 1.29 is 17.9 Å². The third-order valence-corrected chi connectivity index (χ3v) is 7.55. The third kappa shape index (κ3) is 5.82. The molecule has 0 aromatic heterocycles. The molecular weight excluding hydrogens is 408 g/mol. The molecule has 1 N–H and O–H groups in total. The number of carbonyl (C=O) groups excluding carboxylic acids is 1. The molecule has 0 aliphatic carbocycles. The average molecular weight is 435 g/mol. The minimum atomic E-state index is -3.59. The van der Waals surface area contributed by atoms with Crippen molar-refractivity contribution in [2.24, 2.45) is 0 Å². The van der Waals surface area contributed by atoms with E-state index in [0.717, 1.165) is 4.90 Å². The van der Waals surface area contributed by atoms with Crippen LogP contribution in [0.3, 0.4) is 0 Å². The van der Waals surface area contributed by atoms with Gasteiger partial charge in [-0.15, -0.1) is 11.8 Å². The van der Waals surface area contributed by atoms with Crippen molar-refractivity contribution >= 4 is 33.4 Å². The molecule has 8 heteroatoms. The number of hydrogen-bond donors (Lipinski definition) is 1. The number of thioether (sulfide) groups is 1. The summed E-state index contributed by atoms with van der Waals surface area (Å²) in [6.45, 7) is 5.75. The predicted molar refractivity (Wildman–Crippen MR) is 116 cm³/mol. The Bertz CT molecular complexity index is 937. The van der Waals surface area contributed by atoms with Crippen LogP contribution in [0.5, 0.6) is 0 Å². The van der Waals surface area contributed by atoms with Gasteiger partial charge in [0.05, 0.1) is 23.9 Å². The Labute approximate surface area is 176 Å². The number of morpholine rings is 1. The molecule has 1 amide bonds. The van der Waals surface area contributed by atoms with E-state index in [-0.39, 0.29) is 16.6 Å². The molecule has 1 fully saturated rings. The van der Waals surface area contributed by atoms with Crippen LogP contribution in [0.15, 0.2) is 58.3 Å². The monoisotopic (exact) mass is 434 g/mol. The summed E-state index contributed by atoms with van der Waals surface area (Å²) in [5.41, 5.74) is 1.73. The second-order valence-electron chi connectivity index (χ2n) is 7.10. The van der Waals surface area contributed by atoms with Gasteiger partial charge in [0.2, 0.25) is 15.9 Å². The number of benzene rings is 2. The second kappa shape index (κ2) is 9.75. The van der Waals surface area contributed by atoms with Crippen LogP contribution in [0.2, 0.25) is 0 Å². The summed E-state index contributed by atoms with van der Waals surface area (Å²) in [4.78, 5) is 13.5. The molecule has 0 saturated carbocycles. The highest BCUT2D eigenvalue weighted by Gasteiger charge is 2.26. The maximum absolute atomic E-state index is 12.8. The zero-order valence-corrected chi connectivity index (χ0v) is 18.3. The summed E-state index contributed by atoms with van der Waals surface area (Å²) in [5, 5.41) is 2.79. The van der Waals surface area contributed by atoms with Crippen LogP contribution >= 0.6 is 11.8 Å². The zero-order chi connectivity index (χ0) is 20.9. The van der Waals surface area contributed by atoms with E-state index in [9.17, 15) is 13.2 Å². The van der Waals surface area contributed by atoms with Gasteiger partial charge in [-0.1, -0.05) is 32.0 Å². The van der Waals surface area contributed by atoms with Gasteiger partial charge in [0.1, 0.15) is 0 Å². The van der Waals surface area contributed by atoms with Gasteiger partial charge in [0, 0.05) is 23.7 Å². The Balaban J connectivity index is 1.60. The number of nitrogens with zero attached hydrogens (tertiary/aromatic N) is 1. The highest BCUT2D eigenvalue weighted by Crippen LogP contribution is 2.23. The molecule has 0 atom stereocenters. The molecule has 156 valence electrons. The maximum Gasteiger partial charge on any atom is 0.243 e. The summed E-state index contributed by atoms with van der Waals surface area (Å²) in [6.07, 6.45) is 0. The van der Waals surface area contributed by atoms with E-state index >= 15 is 0 Å². The van der Waals surface area contributed by atoms with Gasteiger partial charge in [-0.05, 0) is 41.8 Å². The standard InChI is InChI=1S/C21H26N2O4S2/c1-16(2)17-6-8-19(9-7-17)28-15-21(24)22-18-4-3-5-20(14-18)29(25,26)23-10-12-27-13-11-23/h3-9,14,16H,10-13,15H2,1-2H3,(H,22,24). The topological polar surface area (TPSA) is 75.7 Å². The average Bonchev–Trinajstić information content (AvgIpc) is 2.73. The first-order valence-corrected chi connectivity index (χ1v) is 12.0. The van der Waals surface area contributed by atoms with Crippen molar-refractivity contribution in [3.8, 4) is 0 Å². The number of ether oxygens (including phenoxy) is 1. The van der Waals surface area contributed by atoms with Gasteiger partial charge >= 0.3 is 0 Å². The van der Waals surface area contributed by atoms with Gasteiger partial charge in [-0.2, -0.15) is 4.31 Å². The lowest BCUT2D eigenvalue weighted by Gasteiger charge is -2.26. The van der Waals surface area contributed by atoms with Crippen LogP contribution in [0, 0.1) is 0 Å². The van der Waals surface area contributed by atoms with Crippen LogP contribution in [-0.2, 0) is 19.6 Å². The highest BCUT2D eigenvalue weighted by molar-refractivity contribution is 8.00. The number of sulfonamides is 1. The molecule has 2 aromatic rings. The number of carbonyl (C=O) groups is 1. The predicted octanol–water partition coefficient (Wildman–Crippen LogP) is 3.56. The van der Waals surface area contributed by atoms with Gasteiger partial charge in [-0.3, -0.25) is 4.79 Å². The fourth-order valence-electron chi connectivity index (χ4n) is 2.97. The first kappa shape index (κ1) is 21.8. The largest absolute Gasteiger partial charge is 0.379 e. The molecule has 1 heterocycles. The quantitative estimate of drug-likeness (QED) is 0.675. The Morgan fingerprint density at radius 3 is 2.48 bits per heavy atom. The van der Waals surface area contributed by atoms with E-state index in [1.54, 1.807) is 18.2 Å². The van der Waals surface area contributed by atoms with Crippen LogP contribution in [0.1, 0.15) is 25.3 Å². The first-order valence-electron chi connectivity index (χ1n) is 9.57. The van der Waals surface area contributed by atoms with E-state index in [1.807, 2.05) is 12.1 Å². The number of rotatable bonds is 7. The summed E-state index contributed by atoms with van der Waals surface area (Å²) in [5.74, 6) is 0.545. The Morgan fingerprint density at radius 2 is 1.83 bits per heavy atom. The normalized spacial score (nSPS) is 15.4. The molecule has 1 saturated heterocycles. The van der Waals surface area contributed by atoms with Crippen molar-refractivity contribution in [2.45, 2.75) is 29.6 Å². The molecule has 0 unspecified atom stereocenters. The van der Waals surface area contributed by atoms with Gasteiger partial charge in [0.15, 0.2) is 0 Å². The zero-order valence-electron chi connectivity index (χ0n) is 16.6. The van der Waals surface area contributed by atoms with Crippen molar-refractivity contribution in [3.63, 3.8) is 0 Å². The van der Waals surface area contributed by atoms with Crippen LogP contribution in [0.4, 0.5) is 5.69 Å². The molecule has 0 spiro atoms. The second-order valence-corrected chi connectivity index (χ2v) is 10.1. The first-order chi connectivity index (χ1) is 13.9. The fraction of sp³-hybridized carbons (Fsp3) is 0.381. The molecule has 6 nitrogen and oxygen atoms in total. The maximum atomic E-state index is 12.8. The van der Waals surface area contributed by atoms with Crippen LogP contribution in [-0.4, -0.2) is 50.7 Å². The van der Waals surface area contributed by atoms with Crippen molar-refractivity contribution in [2.75, 3.05) is 37.4 Å². The number of anilines is 1. The molecular formula is C21H26N2O4S2. The third-order valence-electron chi connectivity index (χ3n) is 4.64. The Morgan fingerprint density at radius 1 is 1.14 bits per heavy atom. The lowest BCUT2D eigenvalue weighted by molar-refractivity contribution is -0.113. The smallest absolute Gasteiger partial charge is 0.243 e. The summed E-state index contributed by atoms with van der Waals surface area (Å²) in [6, 6.07) is 14.6. The van der Waals surface area contributed by atoms with E-state index < -0.39 is 10.0 Å². The lowest BCUT2D eigenvalue weighted by atomic mass is 10.0. The van der Waals surface area contributed by atoms with E-state index in [0.29, 0.717) is 37.9 Å². The molecule has 2 aromatic carbocycles. The van der Waals surface area contributed by atoms with E-state index in [4.69, 9.17) is 4.74 Å². The Hall–Kier alpha value is -1.87. The van der Waals surface area contributed by atoms with Crippen molar-refractivity contribution in [3.05, 3.63) is 54.1 Å². The SMILES string of the molecule is CC(C)c1ccc(SCC(=O)Nc2cccc(S(=O)(=O)N3CCOCC3)c2)cc1. The summed E-state index contributed by atoms with van der Waals surface area (Å²) < 4.78 is 32.2. The minimum absolute atomic E-state index is 0.175. The number of hydrogen-bond acceptors (Lipinski definition) is 5. The fourth-order valence-corrected chi connectivity index (χ4v) is 5.12. The molecule has 29 heavy (non-hydrogen) atoms. The van der Waals surface area contributed by atoms with Crippen LogP contribution < -0.4 is 5.32 Å². The number of amides is 1. The summed E-state index contributed by atoms with van der Waals surface area (Å²) in [7, 11) is -3.59. The van der Waals surface area contributed by atoms with Gasteiger partial charge in [0.25, 0.3) is 0 Å². The van der Waals surface area contributed by atoms with Gasteiger partial charge in [-0.25, -0.2) is 8.42 Å². The lowest BCUT2D eigenvalue weighted by Crippen LogP contribution is -2.40. The van der Waals surface area contributed by atoms with E-state index in [1.165, 1.54) is 27.7 Å². The van der Waals surface area contributed by atoms with Gasteiger partial charge < -0.3 is 10.1 Å². The van der Waals surface area contributed by atoms with Crippen molar-refractivity contribution in [1.29, 1.82) is 0 Å². The molecule has 1 aliphatic heterocycles. The summed E-state index contributed by atoms with van der Waals surface area (Å²) >= 11 is 1.45. The molecule has 0 radical (unpaired) electrons. The highest BCUT2D eigenvalue weighted by atomic mass is 32.2. The van der Waals surface area contributed by atoms with Crippen LogP contribution in [0.25, 0.3) is 0 Å². The molecule has 0 bridgehead atoms. The minimum Gasteiger partial charge on any atom is -0.379 e. The number of nitrogens with one attached hydrogen (secondary N) is 1. The molecule has 1 aliphatic rings. The Kier molecular flexibility index (Phi) is 7.34. The van der Waals surface area contributed by atoms with Crippen molar-refractivity contribution in [1.82, 2.24) is 4.31 Å². The molecule has 3 rings (SSSR count).